The number of carbonyl (C=O) groups excluding carboxylic acids is 4. The molecule has 2 aliphatic carbocycles. The molecule has 13 nitrogen and oxygen atoms in total. The van der Waals surface area contributed by atoms with Crippen LogP contribution in [0.25, 0.3) is 0 Å². The van der Waals surface area contributed by atoms with Crippen molar-refractivity contribution < 1.29 is 48.0 Å². The lowest BCUT2D eigenvalue weighted by Crippen LogP contribution is -2.46. The van der Waals surface area contributed by atoms with E-state index in [1.54, 1.807) is 51.3 Å². The minimum absolute atomic E-state index is 0.164. The maximum Gasteiger partial charge on any atom is 0.307 e. The second-order valence-electron chi connectivity index (χ2n) is 24.3. The van der Waals surface area contributed by atoms with E-state index < -0.39 is 41.1 Å². The molecule has 0 saturated heterocycles. The summed E-state index contributed by atoms with van der Waals surface area (Å²) >= 11 is 0. The first-order valence-electron chi connectivity index (χ1n) is 25.6. The van der Waals surface area contributed by atoms with Crippen LogP contribution in [-0.4, -0.2) is 87.2 Å². The van der Waals surface area contributed by atoms with E-state index in [0.717, 1.165) is 66.6 Å². The Morgan fingerprint density at radius 2 is 0.942 bits per heavy atom. The summed E-state index contributed by atoms with van der Waals surface area (Å²) in [6.07, 6.45) is 10.5. The molecule has 2 fully saturated rings. The Bertz CT molecular complexity index is 2060. The summed E-state index contributed by atoms with van der Waals surface area (Å²) in [5, 5.41) is 8.84. The third kappa shape index (κ3) is 17.3. The van der Waals surface area contributed by atoms with Crippen molar-refractivity contribution in [3.8, 4) is 11.5 Å². The number of rotatable bonds is 12. The highest BCUT2D eigenvalue weighted by Gasteiger charge is 2.36. The Labute approximate surface area is 412 Å². The number of fused-ring (bicyclic) bond motifs is 2. The van der Waals surface area contributed by atoms with Gasteiger partial charge in [0.05, 0.1) is 43.4 Å². The standard InChI is InChI=1S/C33H51NO6.C23H34N2O4/c1-31(2,3)25-11-14-26(15-12-25)38-27-13-10-23-21-34(17-16-22(23)18-27)30(37)24(19-28(35)39-32(4,5)6)20-29(36)40-33(7,8)9;1-23(2,3)17-5-8-18(9-6-17)29-19-7-4-16-14-25(11-10-15(16)12-19)22(28)20(24)13-21(26)27/h10,13,18,24-26H,11-12,14-17,19-21H2,1-9H3;4,7,12,17-18,20H,5-6,8-11,13-14,24H2,1-3H3,(H,26,27). The number of nitrogens with two attached hydrogens (primary N) is 1. The van der Waals surface area contributed by atoms with Crippen molar-refractivity contribution in [1.29, 1.82) is 0 Å². The molecule has 0 radical (unpaired) electrons. The Balaban J connectivity index is 0.000000270. The molecule has 13 heteroatoms. The second kappa shape index (κ2) is 23.1. The van der Waals surface area contributed by atoms with Crippen LogP contribution in [0, 0.1) is 28.6 Å². The van der Waals surface area contributed by atoms with Crippen LogP contribution in [-0.2, 0) is 59.4 Å². The molecule has 2 amide bonds. The largest absolute Gasteiger partial charge is 0.490 e. The molecular weight excluding hydrogens is 875 g/mol. The predicted molar refractivity (Wildman–Crippen MR) is 267 cm³/mol. The molecule has 1 atom stereocenters. The molecular formula is C56H85N3O10. The van der Waals surface area contributed by atoms with Gasteiger partial charge in [0.1, 0.15) is 22.7 Å². The van der Waals surface area contributed by atoms with E-state index in [9.17, 15) is 24.0 Å². The molecule has 2 saturated carbocycles. The molecule has 4 aliphatic rings. The zero-order valence-corrected chi connectivity index (χ0v) is 44.0. The average Bonchev–Trinajstić information content (AvgIpc) is 3.23. The molecule has 3 N–H and O–H groups in total. The third-order valence-electron chi connectivity index (χ3n) is 14.1. The highest BCUT2D eigenvalue weighted by Crippen LogP contribution is 2.40. The van der Waals surface area contributed by atoms with E-state index in [-0.39, 0.29) is 43.3 Å². The van der Waals surface area contributed by atoms with Gasteiger partial charge in [-0.25, -0.2) is 0 Å². The smallest absolute Gasteiger partial charge is 0.307 e. The van der Waals surface area contributed by atoms with Crippen LogP contribution in [0.15, 0.2) is 36.4 Å². The van der Waals surface area contributed by atoms with Crippen molar-refractivity contribution in [3.63, 3.8) is 0 Å². The van der Waals surface area contributed by atoms with Gasteiger partial charge >= 0.3 is 17.9 Å². The van der Waals surface area contributed by atoms with Crippen molar-refractivity contribution in [2.24, 2.45) is 34.3 Å². The number of hydrogen-bond acceptors (Lipinski definition) is 10. The third-order valence-corrected chi connectivity index (χ3v) is 14.1. The van der Waals surface area contributed by atoms with Crippen LogP contribution >= 0.6 is 0 Å². The first kappa shape index (κ1) is 55.3. The fourth-order valence-corrected chi connectivity index (χ4v) is 10.2. The summed E-state index contributed by atoms with van der Waals surface area (Å²) in [5.74, 6) is -0.0900. The van der Waals surface area contributed by atoms with Crippen molar-refractivity contribution in [1.82, 2.24) is 9.80 Å². The van der Waals surface area contributed by atoms with Gasteiger partial charge in [-0.2, -0.15) is 0 Å². The van der Waals surface area contributed by atoms with E-state index in [1.165, 1.54) is 36.8 Å². The number of amides is 2. The summed E-state index contributed by atoms with van der Waals surface area (Å²) in [6, 6.07) is 11.3. The van der Waals surface area contributed by atoms with Gasteiger partial charge < -0.3 is 39.6 Å². The Morgan fingerprint density at radius 3 is 1.29 bits per heavy atom. The molecule has 2 aliphatic heterocycles. The van der Waals surface area contributed by atoms with E-state index in [1.807, 2.05) is 24.3 Å². The monoisotopic (exact) mass is 960 g/mol. The van der Waals surface area contributed by atoms with Gasteiger partial charge in [0, 0.05) is 26.2 Å². The first-order valence-corrected chi connectivity index (χ1v) is 25.6. The molecule has 2 aromatic carbocycles. The average molecular weight is 960 g/mol. The number of nitrogens with zero attached hydrogens (tertiary/aromatic N) is 2. The molecule has 2 aromatic rings. The summed E-state index contributed by atoms with van der Waals surface area (Å²) in [6.45, 7) is 26.6. The topological polar surface area (TPSA) is 175 Å². The van der Waals surface area contributed by atoms with Gasteiger partial charge in [-0.05, 0) is 175 Å². The minimum atomic E-state index is -1.05. The molecule has 0 spiro atoms. The normalized spacial score (nSPS) is 21.4. The van der Waals surface area contributed by atoms with Gasteiger partial charge in [0.15, 0.2) is 0 Å². The number of hydrogen-bond donors (Lipinski definition) is 2. The zero-order valence-electron chi connectivity index (χ0n) is 44.0. The van der Waals surface area contributed by atoms with E-state index in [0.29, 0.717) is 43.4 Å². The first-order chi connectivity index (χ1) is 32.0. The van der Waals surface area contributed by atoms with E-state index in [2.05, 4.69) is 53.7 Å². The Morgan fingerprint density at radius 1 is 0.565 bits per heavy atom. The van der Waals surface area contributed by atoms with Crippen LogP contribution < -0.4 is 15.2 Å². The number of benzene rings is 2. The summed E-state index contributed by atoms with van der Waals surface area (Å²) < 4.78 is 23.6. The Kier molecular flexibility index (Phi) is 18.5. The van der Waals surface area contributed by atoms with Gasteiger partial charge in [0.25, 0.3) is 0 Å². The number of ether oxygens (including phenoxy) is 4. The summed E-state index contributed by atoms with van der Waals surface area (Å²) in [7, 11) is 0. The van der Waals surface area contributed by atoms with Crippen molar-refractivity contribution in [3.05, 3.63) is 58.7 Å². The van der Waals surface area contributed by atoms with Crippen molar-refractivity contribution in [2.75, 3.05) is 13.1 Å². The fraction of sp³-hybridized carbons (Fsp3) is 0.696. The number of carboxylic acid groups (broad SMARTS) is 1. The van der Waals surface area contributed by atoms with Crippen LogP contribution in [0.2, 0.25) is 0 Å². The molecule has 384 valence electrons. The fourth-order valence-electron chi connectivity index (χ4n) is 10.2. The van der Waals surface area contributed by atoms with Crippen LogP contribution in [0.1, 0.15) is 176 Å². The summed E-state index contributed by atoms with van der Waals surface area (Å²) in [4.78, 5) is 65.5. The quantitative estimate of drug-likeness (QED) is 0.194. The number of carbonyl (C=O) groups is 5. The highest BCUT2D eigenvalue weighted by atomic mass is 16.6. The highest BCUT2D eigenvalue weighted by molar-refractivity contribution is 5.88. The predicted octanol–water partition coefficient (Wildman–Crippen LogP) is 9.99. The molecule has 0 aromatic heterocycles. The molecule has 1 unspecified atom stereocenters. The lowest BCUT2D eigenvalue weighted by atomic mass is 9.72. The van der Waals surface area contributed by atoms with Gasteiger partial charge in [-0.15, -0.1) is 0 Å². The maximum absolute atomic E-state index is 13.6. The number of esters is 2. The number of aliphatic carboxylic acids is 1. The van der Waals surface area contributed by atoms with Gasteiger partial charge in [-0.1, -0.05) is 53.7 Å². The van der Waals surface area contributed by atoms with Crippen molar-refractivity contribution in [2.45, 2.75) is 209 Å². The van der Waals surface area contributed by atoms with Crippen molar-refractivity contribution >= 4 is 29.7 Å². The summed E-state index contributed by atoms with van der Waals surface area (Å²) in [5.41, 5.74) is 9.63. The Hall–Kier alpha value is -4.65. The molecule has 2 heterocycles. The lowest BCUT2D eigenvalue weighted by molar-refractivity contribution is -0.162. The minimum Gasteiger partial charge on any atom is -0.490 e. The molecule has 0 bridgehead atoms. The molecule has 69 heavy (non-hydrogen) atoms. The number of carboxylic acids is 1. The SMILES string of the molecule is CC(C)(C)C1CCC(Oc2ccc3c(c2)CCN(C(=O)C(N)CC(=O)O)C3)CC1.CC(C)(C)OC(=O)CC(CC(=O)OC(C)(C)C)C(=O)N1CCc2cc(OC3CCC(C(C)(C)C)CC3)ccc2C1. The van der Waals surface area contributed by atoms with E-state index >= 15 is 0 Å². The lowest BCUT2D eigenvalue weighted by Gasteiger charge is -2.37. The van der Waals surface area contributed by atoms with Crippen LogP contribution in [0.3, 0.4) is 0 Å². The van der Waals surface area contributed by atoms with E-state index in [4.69, 9.17) is 29.8 Å². The van der Waals surface area contributed by atoms with Crippen LogP contribution in [0.5, 0.6) is 11.5 Å². The molecule has 6 rings (SSSR count). The second-order valence-corrected chi connectivity index (χ2v) is 24.3. The maximum atomic E-state index is 13.6. The van der Waals surface area contributed by atoms with Gasteiger partial charge in [-0.3, -0.25) is 24.0 Å². The van der Waals surface area contributed by atoms with Crippen LogP contribution in [0.4, 0.5) is 0 Å². The zero-order chi connectivity index (χ0) is 51.1. The van der Waals surface area contributed by atoms with Gasteiger partial charge in [0.2, 0.25) is 11.8 Å².